The number of nitriles is 1. The monoisotopic (exact) mass is 145 g/mol. The van der Waals surface area contributed by atoms with E-state index in [0.29, 0.717) is 0 Å². The van der Waals surface area contributed by atoms with Crippen LogP contribution in [0.25, 0.3) is 0 Å². The van der Waals surface area contributed by atoms with E-state index in [1.54, 1.807) is 18.5 Å². The van der Waals surface area contributed by atoms with Crippen molar-refractivity contribution in [3.05, 3.63) is 30.1 Å². The molecule has 0 atom stereocenters. The van der Waals surface area contributed by atoms with E-state index >= 15 is 0 Å². The second-order valence-electron chi connectivity index (χ2n) is 2.91. The molecule has 0 aliphatic rings. The second kappa shape index (κ2) is 2.71. The average Bonchev–Trinajstić information content (AvgIpc) is 2.06. The molecule has 2 nitrogen and oxygen atoms in total. The molecule has 0 fully saturated rings. The van der Waals surface area contributed by atoms with Gasteiger partial charge in [0.25, 0.3) is 0 Å². The molecule has 0 unspecified atom stereocenters. The summed E-state index contributed by atoms with van der Waals surface area (Å²) >= 11 is 0. The first-order chi connectivity index (χ1) is 5.17. The quantitative estimate of drug-likeness (QED) is 0.602. The van der Waals surface area contributed by atoms with E-state index in [9.17, 15) is 0 Å². The third-order valence-electron chi connectivity index (χ3n) is 1.60. The number of aromatic nitrogens is 1. The number of hydrogen-bond acceptors (Lipinski definition) is 2. The Bertz CT molecular complexity index is 269. The highest BCUT2D eigenvalue weighted by Crippen LogP contribution is 2.19. The predicted octanol–water partition coefficient (Wildman–Crippen LogP) is 1.68. The third-order valence-corrected chi connectivity index (χ3v) is 1.60. The molecule has 1 rings (SSSR count). The molecule has 0 aliphatic heterocycles. The van der Waals surface area contributed by atoms with E-state index in [0.717, 1.165) is 5.56 Å². The first-order valence-corrected chi connectivity index (χ1v) is 3.39. The molecule has 0 bridgehead atoms. The molecule has 0 saturated carbocycles. The lowest BCUT2D eigenvalue weighted by molar-refractivity contribution is 0.682. The summed E-state index contributed by atoms with van der Waals surface area (Å²) in [5.41, 5.74) is 0.451. The van der Waals surface area contributed by atoms with E-state index in [2.05, 4.69) is 17.1 Å². The van der Waals surface area contributed by atoms with Crippen molar-refractivity contribution in [2.24, 2.45) is 0 Å². The second-order valence-corrected chi connectivity index (χ2v) is 2.91. The highest BCUT2D eigenvalue weighted by atomic mass is 14.6. The fourth-order valence-electron chi connectivity index (χ4n) is 0.731. The van der Waals surface area contributed by atoms with Gasteiger partial charge in [-0.1, -0.05) is 0 Å². The summed E-state index contributed by atoms with van der Waals surface area (Å²) in [5.74, 6) is 0. The Kier molecular flexibility index (Phi) is 1.91. The molecule has 0 aliphatic carbocycles. The van der Waals surface area contributed by atoms with Crippen LogP contribution in [0.2, 0.25) is 0 Å². The van der Waals surface area contributed by atoms with Crippen LogP contribution >= 0.6 is 0 Å². The normalized spacial score (nSPS) is 10.6. The number of rotatable bonds is 1. The lowest BCUT2D eigenvalue weighted by Crippen LogP contribution is -2.13. The molecule has 1 aromatic rings. The standard InChI is InChI=1S/C9H9N2/c1-9(2,7-10)8-4-3-5-11-6-8/h4-6H,1-2H3. The van der Waals surface area contributed by atoms with Gasteiger partial charge < -0.3 is 0 Å². The van der Waals surface area contributed by atoms with Gasteiger partial charge >= 0.3 is 0 Å². The van der Waals surface area contributed by atoms with Gasteiger partial charge in [-0.2, -0.15) is 5.26 Å². The third kappa shape index (κ3) is 1.56. The smallest absolute Gasteiger partial charge is 0.0781 e. The fraction of sp³-hybridized carbons (Fsp3) is 0.333. The van der Waals surface area contributed by atoms with Gasteiger partial charge in [0.1, 0.15) is 0 Å². The zero-order chi connectivity index (χ0) is 8.32. The Morgan fingerprint density at radius 1 is 1.64 bits per heavy atom. The van der Waals surface area contributed by atoms with Crippen molar-refractivity contribution in [2.45, 2.75) is 19.3 Å². The molecule has 0 saturated heterocycles. The van der Waals surface area contributed by atoms with Gasteiger partial charge in [0, 0.05) is 18.5 Å². The summed E-state index contributed by atoms with van der Waals surface area (Å²) < 4.78 is 0. The molecular weight excluding hydrogens is 136 g/mol. The lowest BCUT2D eigenvalue weighted by atomic mass is 9.88. The Morgan fingerprint density at radius 3 is 2.82 bits per heavy atom. The first-order valence-electron chi connectivity index (χ1n) is 3.39. The summed E-state index contributed by atoms with van der Waals surface area (Å²) in [4.78, 5) is 3.89. The maximum atomic E-state index is 8.76. The molecule has 1 radical (unpaired) electrons. The van der Waals surface area contributed by atoms with Crippen molar-refractivity contribution in [2.75, 3.05) is 0 Å². The minimum Gasteiger partial charge on any atom is -0.264 e. The highest BCUT2D eigenvalue weighted by Gasteiger charge is 2.18. The zero-order valence-corrected chi connectivity index (χ0v) is 6.63. The van der Waals surface area contributed by atoms with Crippen LogP contribution in [0.5, 0.6) is 0 Å². The maximum absolute atomic E-state index is 8.76. The molecule has 2 heteroatoms. The van der Waals surface area contributed by atoms with Crippen LogP contribution in [-0.4, -0.2) is 4.98 Å². The van der Waals surface area contributed by atoms with E-state index < -0.39 is 5.41 Å². The van der Waals surface area contributed by atoms with Gasteiger partial charge in [0.2, 0.25) is 0 Å². The van der Waals surface area contributed by atoms with Gasteiger partial charge in [0.05, 0.1) is 11.5 Å². The van der Waals surface area contributed by atoms with Crippen LogP contribution < -0.4 is 0 Å². The topological polar surface area (TPSA) is 36.7 Å². The minimum atomic E-state index is -0.454. The molecule has 1 heterocycles. The van der Waals surface area contributed by atoms with Gasteiger partial charge in [-0.15, -0.1) is 0 Å². The van der Waals surface area contributed by atoms with Gasteiger partial charge in [0.15, 0.2) is 0 Å². The summed E-state index contributed by atoms with van der Waals surface area (Å²) in [6.07, 6.45) is 3.27. The van der Waals surface area contributed by atoms with Crippen molar-refractivity contribution in [1.29, 1.82) is 5.26 Å². The lowest BCUT2D eigenvalue weighted by Gasteiger charge is -2.13. The van der Waals surface area contributed by atoms with Crippen LogP contribution in [0.15, 0.2) is 18.5 Å². The van der Waals surface area contributed by atoms with Gasteiger partial charge in [-0.25, -0.2) is 0 Å². The highest BCUT2D eigenvalue weighted by molar-refractivity contribution is 5.26. The first kappa shape index (κ1) is 7.74. The zero-order valence-electron chi connectivity index (χ0n) is 6.63. The largest absolute Gasteiger partial charge is 0.264 e. The molecule has 0 spiro atoms. The van der Waals surface area contributed by atoms with Crippen LogP contribution in [0.4, 0.5) is 0 Å². The van der Waals surface area contributed by atoms with Crippen LogP contribution in [0, 0.1) is 17.4 Å². The summed E-state index contributed by atoms with van der Waals surface area (Å²) in [5, 5.41) is 8.76. The van der Waals surface area contributed by atoms with Crippen molar-refractivity contribution >= 4 is 0 Å². The van der Waals surface area contributed by atoms with Crippen LogP contribution in [0.3, 0.4) is 0 Å². The van der Waals surface area contributed by atoms with E-state index in [4.69, 9.17) is 5.26 Å². The van der Waals surface area contributed by atoms with Gasteiger partial charge in [-0.05, 0) is 25.5 Å². The van der Waals surface area contributed by atoms with E-state index in [1.165, 1.54) is 0 Å². The molecule has 55 valence electrons. The Morgan fingerprint density at radius 2 is 2.36 bits per heavy atom. The van der Waals surface area contributed by atoms with Crippen molar-refractivity contribution in [1.82, 2.24) is 4.98 Å². The van der Waals surface area contributed by atoms with Gasteiger partial charge in [-0.3, -0.25) is 4.98 Å². The van der Waals surface area contributed by atoms with Crippen LogP contribution in [0.1, 0.15) is 19.4 Å². The van der Waals surface area contributed by atoms with E-state index in [1.807, 2.05) is 13.8 Å². The van der Waals surface area contributed by atoms with Crippen molar-refractivity contribution < 1.29 is 0 Å². The van der Waals surface area contributed by atoms with Crippen molar-refractivity contribution in [3.63, 3.8) is 0 Å². The maximum Gasteiger partial charge on any atom is 0.0781 e. The Labute approximate surface area is 66.5 Å². The summed E-state index contributed by atoms with van der Waals surface area (Å²) in [6.45, 7) is 3.72. The molecule has 1 aromatic heterocycles. The minimum absolute atomic E-state index is 0.454. The number of nitrogens with zero attached hydrogens (tertiary/aromatic N) is 2. The molecule has 11 heavy (non-hydrogen) atoms. The SMILES string of the molecule is CC(C)(C#N)c1c[c]cnc1. The molecule has 0 N–H and O–H groups in total. The fourth-order valence-corrected chi connectivity index (χ4v) is 0.731. The average molecular weight is 145 g/mol. The Balaban J connectivity index is 3.05. The molecule has 0 amide bonds. The van der Waals surface area contributed by atoms with Crippen LogP contribution in [-0.2, 0) is 5.41 Å². The molecule has 0 aromatic carbocycles. The number of hydrogen-bond donors (Lipinski definition) is 0. The number of pyridine rings is 1. The van der Waals surface area contributed by atoms with E-state index in [-0.39, 0.29) is 0 Å². The predicted molar refractivity (Wildman–Crippen MR) is 41.7 cm³/mol. The summed E-state index contributed by atoms with van der Waals surface area (Å²) in [6, 6.07) is 6.82. The van der Waals surface area contributed by atoms with Crippen molar-refractivity contribution in [3.8, 4) is 6.07 Å². The molecular formula is C9H9N2. The Hall–Kier alpha value is -1.36. The summed E-state index contributed by atoms with van der Waals surface area (Å²) in [7, 11) is 0.